The summed E-state index contributed by atoms with van der Waals surface area (Å²) in [4.78, 5) is 40.6. The van der Waals surface area contributed by atoms with Crippen LogP contribution in [-0.2, 0) is 14.4 Å². The third-order valence-electron chi connectivity index (χ3n) is 4.50. The number of hydrogen-bond donors (Lipinski definition) is 2. The standard InChI is InChI=1S/C21H24N4O3/c1-15-12-19(26)23-17-10-6-7-11-18(17)25(15)21(28)14-24(2)13-20(27)22-16-8-4-3-5-9-16/h3-11,15H,12-14H2,1-2H3,(H,22,27)(H,23,26). The van der Waals surface area contributed by atoms with E-state index in [-0.39, 0.29) is 43.3 Å². The van der Waals surface area contributed by atoms with E-state index >= 15 is 0 Å². The highest BCUT2D eigenvalue weighted by atomic mass is 16.2. The summed E-state index contributed by atoms with van der Waals surface area (Å²) in [6.07, 6.45) is 0.221. The van der Waals surface area contributed by atoms with Gasteiger partial charge in [0.1, 0.15) is 0 Å². The van der Waals surface area contributed by atoms with E-state index in [2.05, 4.69) is 10.6 Å². The molecule has 0 fully saturated rings. The smallest absolute Gasteiger partial charge is 0.241 e. The van der Waals surface area contributed by atoms with E-state index in [1.807, 2.05) is 55.5 Å². The molecule has 0 spiro atoms. The molecule has 1 atom stereocenters. The normalized spacial score (nSPS) is 16.2. The second-order valence-electron chi connectivity index (χ2n) is 6.97. The summed E-state index contributed by atoms with van der Waals surface area (Å²) >= 11 is 0. The van der Waals surface area contributed by atoms with Gasteiger partial charge in [-0.2, -0.15) is 0 Å². The Morgan fingerprint density at radius 2 is 1.79 bits per heavy atom. The van der Waals surface area contributed by atoms with Crippen molar-refractivity contribution in [3.63, 3.8) is 0 Å². The summed E-state index contributed by atoms with van der Waals surface area (Å²) in [5.74, 6) is -0.472. The summed E-state index contributed by atoms with van der Waals surface area (Å²) in [6, 6.07) is 16.2. The van der Waals surface area contributed by atoms with E-state index in [0.717, 1.165) is 0 Å². The van der Waals surface area contributed by atoms with Crippen molar-refractivity contribution in [2.45, 2.75) is 19.4 Å². The number of likely N-dealkylation sites (N-methyl/N-ethyl adjacent to an activating group) is 1. The zero-order chi connectivity index (χ0) is 20.1. The van der Waals surface area contributed by atoms with Gasteiger partial charge in [0.2, 0.25) is 17.7 Å². The van der Waals surface area contributed by atoms with E-state index < -0.39 is 0 Å². The lowest BCUT2D eigenvalue weighted by atomic mass is 10.1. The van der Waals surface area contributed by atoms with E-state index in [1.54, 1.807) is 22.9 Å². The van der Waals surface area contributed by atoms with E-state index in [4.69, 9.17) is 0 Å². The molecule has 0 saturated carbocycles. The summed E-state index contributed by atoms with van der Waals surface area (Å²) in [5, 5.41) is 5.65. The Labute approximate surface area is 164 Å². The number of carbonyl (C=O) groups is 3. The van der Waals surface area contributed by atoms with Crippen molar-refractivity contribution < 1.29 is 14.4 Å². The number of benzene rings is 2. The lowest BCUT2D eigenvalue weighted by molar-refractivity contribution is -0.121. The fourth-order valence-electron chi connectivity index (χ4n) is 3.30. The molecule has 2 N–H and O–H groups in total. The topological polar surface area (TPSA) is 81.8 Å². The minimum atomic E-state index is -0.275. The van der Waals surface area contributed by atoms with Gasteiger partial charge < -0.3 is 15.5 Å². The van der Waals surface area contributed by atoms with Gasteiger partial charge in [-0.05, 0) is 38.2 Å². The number of anilines is 3. The van der Waals surface area contributed by atoms with Crippen molar-refractivity contribution in [3.8, 4) is 0 Å². The molecule has 0 aromatic heterocycles. The second-order valence-corrected chi connectivity index (χ2v) is 6.97. The number of nitrogens with zero attached hydrogens (tertiary/aromatic N) is 2. The van der Waals surface area contributed by atoms with Gasteiger partial charge in [-0.3, -0.25) is 19.3 Å². The first-order valence-corrected chi connectivity index (χ1v) is 9.18. The molecular weight excluding hydrogens is 356 g/mol. The maximum Gasteiger partial charge on any atom is 0.241 e. The van der Waals surface area contributed by atoms with Gasteiger partial charge >= 0.3 is 0 Å². The summed E-state index contributed by atoms with van der Waals surface area (Å²) in [7, 11) is 1.72. The average molecular weight is 380 g/mol. The van der Waals surface area contributed by atoms with Crippen molar-refractivity contribution in [2.24, 2.45) is 0 Å². The Morgan fingerprint density at radius 1 is 1.11 bits per heavy atom. The van der Waals surface area contributed by atoms with Crippen LogP contribution in [0.15, 0.2) is 54.6 Å². The summed E-state index contributed by atoms with van der Waals surface area (Å²) in [5.41, 5.74) is 2.01. The number of hydrogen-bond acceptors (Lipinski definition) is 4. The third kappa shape index (κ3) is 4.75. The van der Waals surface area contributed by atoms with Crippen molar-refractivity contribution in [2.75, 3.05) is 35.7 Å². The molecule has 1 heterocycles. The van der Waals surface area contributed by atoms with Crippen molar-refractivity contribution in [1.82, 2.24) is 4.90 Å². The lowest BCUT2D eigenvalue weighted by Gasteiger charge is -2.29. The molecule has 0 saturated heterocycles. The van der Waals surface area contributed by atoms with Crippen LogP contribution >= 0.6 is 0 Å². The highest BCUT2D eigenvalue weighted by Crippen LogP contribution is 2.31. The zero-order valence-electron chi connectivity index (χ0n) is 16.0. The fraction of sp³-hybridized carbons (Fsp3) is 0.286. The molecule has 28 heavy (non-hydrogen) atoms. The Morgan fingerprint density at radius 3 is 2.54 bits per heavy atom. The molecule has 0 bridgehead atoms. The zero-order valence-corrected chi connectivity index (χ0v) is 16.0. The molecule has 7 nitrogen and oxygen atoms in total. The van der Waals surface area contributed by atoms with Crippen molar-refractivity contribution in [1.29, 1.82) is 0 Å². The first-order valence-electron chi connectivity index (χ1n) is 9.18. The Balaban J connectivity index is 1.66. The molecule has 3 amide bonds. The predicted molar refractivity (Wildman–Crippen MR) is 109 cm³/mol. The van der Waals surface area contributed by atoms with Crippen LogP contribution in [0, 0.1) is 0 Å². The number of carbonyl (C=O) groups excluding carboxylic acids is 3. The fourth-order valence-corrected chi connectivity index (χ4v) is 3.30. The SMILES string of the molecule is CC1CC(=O)Nc2ccccc2N1C(=O)CN(C)CC(=O)Nc1ccccc1. The van der Waals surface area contributed by atoms with Crippen LogP contribution in [0.4, 0.5) is 17.1 Å². The van der Waals surface area contributed by atoms with Crippen LogP contribution in [0.2, 0.25) is 0 Å². The third-order valence-corrected chi connectivity index (χ3v) is 4.50. The van der Waals surface area contributed by atoms with Gasteiger partial charge in [-0.15, -0.1) is 0 Å². The van der Waals surface area contributed by atoms with E-state index in [1.165, 1.54) is 0 Å². The van der Waals surface area contributed by atoms with Crippen LogP contribution < -0.4 is 15.5 Å². The summed E-state index contributed by atoms with van der Waals surface area (Å²) < 4.78 is 0. The minimum Gasteiger partial charge on any atom is -0.325 e. The van der Waals surface area contributed by atoms with Crippen LogP contribution in [0.1, 0.15) is 13.3 Å². The minimum absolute atomic E-state index is 0.0646. The van der Waals surface area contributed by atoms with Crippen LogP contribution in [0.25, 0.3) is 0 Å². The summed E-state index contributed by atoms with van der Waals surface area (Å²) in [6.45, 7) is 2.00. The number of para-hydroxylation sites is 3. The molecule has 1 aliphatic rings. The Kier molecular flexibility index (Phi) is 6.06. The maximum atomic E-state index is 13.0. The van der Waals surface area contributed by atoms with E-state index in [0.29, 0.717) is 17.1 Å². The average Bonchev–Trinajstić information content (AvgIpc) is 2.76. The highest BCUT2D eigenvalue weighted by Gasteiger charge is 2.30. The van der Waals surface area contributed by atoms with Crippen LogP contribution in [0.3, 0.4) is 0 Å². The molecular formula is C21H24N4O3. The monoisotopic (exact) mass is 380 g/mol. The van der Waals surface area contributed by atoms with Gasteiger partial charge in [0.05, 0.1) is 24.5 Å². The van der Waals surface area contributed by atoms with Crippen LogP contribution in [-0.4, -0.2) is 48.8 Å². The Hall–Kier alpha value is -3.19. The molecule has 2 aromatic rings. The van der Waals surface area contributed by atoms with Crippen LogP contribution in [0.5, 0.6) is 0 Å². The lowest BCUT2D eigenvalue weighted by Crippen LogP contribution is -2.45. The van der Waals surface area contributed by atoms with Gasteiger partial charge in [-0.25, -0.2) is 0 Å². The Bertz CT molecular complexity index is 869. The molecule has 0 aliphatic carbocycles. The molecule has 3 rings (SSSR count). The molecule has 2 aromatic carbocycles. The van der Waals surface area contributed by atoms with Gasteiger partial charge in [-0.1, -0.05) is 30.3 Å². The molecule has 146 valence electrons. The predicted octanol–water partition coefficient (Wildman–Crippen LogP) is 2.32. The quantitative estimate of drug-likeness (QED) is 0.834. The van der Waals surface area contributed by atoms with E-state index in [9.17, 15) is 14.4 Å². The largest absolute Gasteiger partial charge is 0.325 e. The molecule has 1 aliphatic heterocycles. The number of fused-ring (bicyclic) bond motifs is 1. The second kappa shape index (κ2) is 8.67. The van der Waals surface area contributed by atoms with Gasteiger partial charge in [0.25, 0.3) is 0 Å². The molecule has 1 unspecified atom stereocenters. The highest BCUT2D eigenvalue weighted by molar-refractivity contribution is 6.05. The first-order chi connectivity index (χ1) is 13.4. The van der Waals surface area contributed by atoms with Gasteiger partial charge in [0.15, 0.2) is 0 Å². The first kappa shape index (κ1) is 19.6. The maximum absolute atomic E-state index is 13.0. The van der Waals surface area contributed by atoms with Crippen molar-refractivity contribution in [3.05, 3.63) is 54.6 Å². The van der Waals surface area contributed by atoms with Crippen molar-refractivity contribution >= 4 is 34.8 Å². The van der Waals surface area contributed by atoms with Gasteiger partial charge in [0, 0.05) is 18.2 Å². The molecule has 7 heteroatoms. The number of amides is 3. The molecule has 0 radical (unpaired) electrons. The number of nitrogens with one attached hydrogen (secondary N) is 2. The number of rotatable bonds is 5.